The van der Waals surface area contributed by atoms with E-state index < -0.39 is 10.2 Å². The van der Waals surface area contributed by atoms with Crippen molar-refractivity contribution in [2.24, 2.45) is 0 Å². The molecule has 2 heterocycles. The van der Waals surface area contributed by atoms with E-state index >= 15 is 0 Å². The van der Waals surface area contributed by atoms with Gasteiger partial charge in [0.2, 0.25) is 10.5 Å². The average molecular weight is 376 g/mol. The van der Waals surface area contributed by atoms with Crippen molar-refractivity contribution in [2.75, 3.05) is 0 Å². The van der Waals surface area contributed by atoms with E-state index in [1.165, 1.54) is 31.7 Å². The first-order valence-corrected chi connectivity index (χ1v) is 9.39. The van der Waals surface area contributed by atoms with Crippen LogP contribution in [0.5, 0.6) is 0 Å². The van der Waals surface area contributed by atoms with Gasteiger partial charge in [-0.15, -0.1) is 10.2 Å². The maximum Gasteiger partial charge on any atom is 0.240 e. The molecule has 0 fully saturated rings. The molecule has 0 aliphatic carbocycles. The Hall–Kier alpha value is -2.06. The zero-order valence-corrected chi connectivity index (χ0v) is 14.8. The van der Waals surface area contributed by atoms with Crippen molar-refractivity contribution in [3.8, 4) is 10.4 Å². The van der Waals surface area contributed by atoms with Crippen molar-refractivity contribution in [3.05, 3.63) is 71.9 Å². The van der Waals surface area contributed by atoms with Gasteiger partial charge in [0.05, 0.1) is 5.39 Å². The Labute approximate surface area is 150 Å². The number of fused-ring (bicyclic) bond motifs is 3. The summed E-state index contributed by atoms with van der Waals surface area (Å²) < 4.78 is 36.3. The third-order valence-corrected chi connectivity index (χ3v) is 4.83. The van der Waals surface area contributed by atoms with Gasteiger partial charge >= 0.3 is 0 Å². The summed E-state index contributed by atoms with van der Waals surface area (Å²) in [4.78, 5) is 1.35. The lowest BCUT2D eigenvalue weighted by atomic mass is 10.1. The van der Waals surface area contributed by atoms with Gasteiger partial charge in [0.1, 0.15) is 4.88 Å². The summed E-state index contributed by atoms with van der Waals surface area (Å²) in [5.74, 6) is 0. The number of halogens is 1. The highest BCUT2D eigenvalue weighted by Gasteiger charge is 2.20. The van der Waals surface area contributed by atoms with Crippen LogP contribution >= 0.6 is 11.3 Å². The van der Waals surface area contributed by atoms with Crippen LogP contribution in [-0.2, 0) is 0 Å². The van der Waals surface area contributed by atoms with Crippen LogP contribution in [0.4, 0.5) is 0 Å². The molecule has 7 heteroatoms. The molecule has 0 radical (unpaired) electrons. The molecule has 0 saturated carbocycles. The van der Waals surface area contributed by atoms with Gasteiger partial charge in [-0.2, -0.15) is 4.40 Å². The lowest BCUT2D eigenvalue weighted by Gasteiger charge is -2.17. The second-order valence-electron chi connectivity index (χ2n) is 5.32. The van der Waals surface area contributed by atoms with E-state index in [1.807, 2.05) is 11.3 Å². The highest BCUT2D eigenvalue weighted by atomic mass is 35.7. The van der Waals surface area contributed by atoms with E-state index in [9.17, 15) is 0 Å². The molecule has 0 saturated heterocycles. The number of aryl methyl sites for hydroxylation is 1. The fraction of sp³-hybridized carbons (Fsp3) is 0.0556. The molecular formula is C18H14ClNO4S. The lowest BCUT2D eigenvalue weighted by Crippen LogP contribution is -2.68. The third-order valence-electron chi connectivity index (χ3n) is 3.70. The van der Waals surface area contributed by atoms with E-state index in [0.29, 0.717) is 0 Å². The largest absolute Gasteiger partial charge is 0.240 e. The number of nitrogens with zero attached hydrogens (tertiary/aromatic N) is 1. The second kappa shape index (κ2) is 7.05. The Kier molecular flexibility index (Phi) is 5.01. The molecule has 4 rings (SSSR count). The maximum absolute atomic E-state index is 8.49. The standard InChI is InChI=1S/C18H14NS.ClHO4/c1-13-19-12-11-14-7-5-6-10-16(14)17(19)18(20-13)15-8-3-2-4-9-15;2-1(3,4)5/h2-12H,1H3;(H,2,3,4,5)/q+1;/p-1. The first-order chi connectivity index (χ1) is 11.8. The van der Waals surface area contributed by atoms with Crippen molar-refractivity contribution in [1.82, 2.24) is 0 Å². The van der Waals surface area contributed by atoms with Gasteiger partial charge in [0.25, 0.3) is 0 Å². The summed E-state index contributed by atoms with van der Waals surface area (Å²) in [6.45, 7) is 2.18. The quantitative estimate of drug-likeness (QED) is 0.432. The van der Waals surface area contributed by atoms with Gasteiger partial charge < -0.3 is 0 Å². The fourth-order valence-corrected chi connectivity index (χ4v) is 3.85. The molecule has 0 unspecified atom stereocenters. The topological polar surface area (TPSA) is 96.3 Å². The molecule has 2 aromatic heterocycles. The minimum Gasteiger partial charge on any atom is -0.222 e. The Morgan fingerprint density at radius 1 is 0.840 bits per heavy atom. The summed E-state index contributed by atoms with van der Waals surface area (Å²) in [6, 6.07) is 21.4. The average Bonchev–Trinajstić information content (AvgIpc) is 2.92. The summed E-state index contributed by atoms with van der Waals surface area (Å²) in [5, 5.41) is 3.92. The van der Waals surface area contributed by atoms with Crippen LogP contribution < -0.4 is 23.0 Å². The predicted molar refractivity (Wildman–Crippen MR) is 85.2 cm³/mol. The Morgan fingerprint density at radius 2 is 1.44 bits per heavy atom. The van der Waals surface area contributed by atoms with Crippen molar-refractivity contribution >= 4 is 27.6 Å². The second-order valence-corrected chi connectivity index (χ2v) is 7.27. The number of hydrogen-bond acceptors (Lipinski definition) is 5. The number of aromatic nitrogens is 1. The maximum atomic E-state index is 8.49. The van der Waals surface area contributed by atoms with Crippen LogP contribution in [0.1, 0.15) is 5.01 Å². The molecule has 0 atom stereocenters. The van der Waals surface area contributed by atoms with Crippen LogP contribution in [0.2, 0.25) is 0 Å². The van der Waals surface area contributed by atoms with E-state index in [0.717, 1.165) is 0 Å². The number of benzene rings is 2. The molecule has 5 nitrogen and oxygen atoms in total. The molecule has 0 spiro atoms. The minimum atomic E-state index is -4.94. The highest BCUT2D eigenvalue weighted by molar-refractivity contribution is 7.15. The molecule has 2 aromatic carbocycles. The summed E-state index contributed by atoms with van der Waals surface area (Å²) in [6.07, 6.45) is 2.18. The molecule has 4 aromatic rings. The van der Waals surface area contributed by atoms with Gasteiger partial charge in [0.15, 0.2) is 6.20 Å². The van der Waals surface area contributed by atoms with Crippen molar-refractivity contribution < 1.29 is 33.3 Å². The summed E-state index contributed by atoms with van der Waals surface area (Å²) in [7, 11) is -4.94. The summed E-state index contributed by atoms with van der Waals surface area (Å²) >= 11 is 1.86. The van der Waals surface area contributed by atoms with E-state index in [-0.39, 0.29) is 0 Å². The molecule has 0 amide bonds. The van der Waals surface area contributed by atoms with Gasteiger partial charge in [-0.3, -0.25) is 0 Å². The van der Waals surface area contributed by atoms with Crippen molar-refractivity contribution in [1.29, 1.82) is 0 Å². The number of rotatable bonds is 1. The van der Waals surface area contributed by atoms with Crippen molar-refractivity contribution in [2.45, 2.75) is 6.92 Å². The van der Waals surface area contributed by atoms with Crippen LogP contribution in [0.25, 0.3) is 26.7 Å². The van der Waals surface area contributed by atoms with Crippen molar-refractivity contribution in [3.63, 3.8) is 0 Å². The van der Waals surface area contributed by atoms with Gasteiger partial charge in [0, 0.05) is 13.0 Å². The Balaban J connectivity index is 0.000000324. The SMILES string of the molecule is Cc1sc(-c2ccccc2)c2c3ccccc3cc[n+]12.[O-][Cl+3]([O-])([O-])[O-]. The van der Waals surface area contributed by atoms with Gasteiger partial charge in [-0.1, -0.05) is 59.9 Å². The minimum absolute atomic E-state index is 1.29. The Bertz CT molecular complexity index is 1010. The molecule has 0 aliphatic heterocycles. The monoisotopic (exact) mass is 375 g/mol. The smallest absolute Gasteiger partial charge is 0.222 e. The first-order valence-electron chi connectivity index (χ1n) is 7.34. The fourth-order valence-electron chi connectivity index (χ4n) is 2.74. The van der Waals surface area contributed by atoms with E-state index in [2.05, 4.69) is 78.2 Å². The number of thiazole rings is 1. The number of pyridine rings is 1. The van der Waals surface area contributed by atoms with Crippen LogP contribution in [0, 0.1) is 17.2 Å². The molecule has 25 heavy (non-hydrogen) atoms. The van der Waals surface area contributed by atoms with Crippen LogP contribution in [0.3, 0.4) is 0 Å². The predicted octanol–water partition coefficient (Wildman–Crippen LogP) is -0.141. The lowest BCUT2D eigenvalue weighted by molar-refractivity contribution is -2.00. The van der Waals surface area contributed by atoms with E-state index in [1.54, 1.807) is 0 Å². The van der Waals surface area contributed by atoms with Gasteiger partial charge in [-0.05, 0) is 17.0 Å². The molecule has 128 valence electrons. The third kappa shape index (κ3) is 4.13. The first kappa shape index (κ1) is 17.8. The Morgan fingerprint density at radius 3 is 2.12 bits per heavy atom. The van der Waals surface area contributed by atoms with E-state index in [4.69, 9.17) is 18.6 Å². The highest BCUT2D eigenvalue weighted by Crippen LogP contribution is 2.33. The normalized spacial score (nSPS) is 11.4. The zero-order valence-electron chi connectivity index (χ0n) is 13.2. The summed E-state index contributed by atoms with van der Waals surface area (Å²) in [5.41, 5.74) is 2.61. The van der Waals surface area contributed by atoms with Gasteiger partial charge in [-0.25, -0.2) is 18.6 Å². The number of hydrogen-bond donors (Lipinski definition) is 0. The molecule has 0 aliphatic rings. The molecular weight excluding hydrogens is 362 g/mol. The zero-order chi connectivity index (χ0) is 18.0. The van der Waals surface area contributed by atoms with Crippen LogP contribution in [0.15, 0.2) is 66.9 Å². The molecule has 0 N–H and O–H groups in total. The van der Waals surface area contributed by atoms with Crippen LogP contribution in [-0.4, -0.2) is 0 Å². The molecule has 0 bridgehead atoms.